The van der Waals surface area contributed by atoms with Crippen LogP contribution in [0.1, 0.15) is 12.8 Å². The van der Waals surface area contributed by atoms with Crippen molar-refractivity contribution < 1.29 is 0 Å². The third kappa shape index (κ3) is 5.53. The van der Waals surface area contributed by atoms with E-state index in [4.69, 9.17) is 5.73 Å². The number of rotatable bonds is 6. The van der Waals surface area contributed by atoms with Gasteiger partial charge in [0.1, 0.15) is 0 Å². The molecular formula is C8H20N2S. The fraction of sp³-hybridized carbons (Fsp3) is 1.00. The smallest absolute Gasteiger partial charge is 0.0212 e. The van der Waals surface area contributed by atoms with Crippen LogP contribution in [0.5, 0.6) is 0 Å². The van der Waals surface area contributed by atoms with E-state index in [1.54, 1.807) is 0 Å². The first kappa shape index (κ1) is 11.3. The maximum atomic E-state index is 5.61. The summed E-state index contributed by atoms with van der Waals surface area (Å²) < 4.78 is 0. The fourth-order valence-corrected chi connectivity index (χ4v) is 1.51. The van der Waals surface area contributed by atoms with Crippen LogP contribution < -0.4 is 5.73 Å². The van der Waals surface area contributed by atoms with Crippen LogP contribution in [0, 0.1) is 0 Å². The second kappa shape index (κ2) is 6.95. The molecular weight excluding hydrogens is 156 g/mol. The second-order valence-corrected chi connectivity index (χ2v) is 3.97. The van der Waals surface area contributed by atoms with E-state index < -0.39 is 0 Å². The molecule has 11 heavy (non-hydrogen) atoms. The van der Waals surface area contributed by atoms with Crippen LogP contribution in [-0.4, -0.2) is 43.6 Å². The zero-order valence-electron chi connectivity index (χ0n) is 7.84. The first-order valence-electron chi connectivity index (χ1n) is 4.07. The van der Waals surface area contributed by atoms with E-state index in [1.807, 2.05) is 11.8 Å². The van der Waals surface area contributed by atoms with Crippen LogP contribution in [0.2, 0.25) is 0 Å². The molecule has 0 rings (SSSR count). The van der Waals surface area contributed by atoms with Crippen LogP contribution in [0.4, 0.5) is 0 Å². The molecule has 0 heterocycles. The maximum Gasteiger partial charge on any atom is 0.0212 e. The Bertz CT molecular complexity index is 86.2. The topological polar surface area (TPSA) is 29.3 Å². The molecule has 0 aromatic heterocycles. The molecule has 0 aromatic rings. The van der Waals surface area contributed by atoms with Crippen LogP contribution >= 0.6 is 11.8 Å². The van der Waals surface area contributed by atoms with E-state index in [9.17, 15) is 0 Å². The minimum Gasteiger partial charge on any atom is -0.329 e. The number of nitrogens with zero attached hydrogens (tertiary/aromatic N) is 1. The molecule has 3 heteroatoms. The van der Waals surface area contributed by atoms with Gasteiger partial charge >= 0.3 is 0 Å². The normalized spacial score (nSPS) is 13.9. The van der Waals surface area contributed by atoms with Gasteiger partial charge in [-0.05, 0) is 38.9 Å². The highest BCUT2D eigenvalue weighted by atomic mass is 32.2. The SMILES string of the molecule is CSCCCC(CN)N(C)C. The summed E-state index contributed by atoms with van der Waals surface area (Å²) in [6.07, 6.45) is 4.65. The van der Waals surface area contributed by atoms with E-state index in [-0.39, 0.29) is 0 Å². The average molecular weight is 176 g/mol. The molecule has 0 amide bonds. The molecule has 0 fully saturated rings. The van der Waals surface area contributed by atoms with Crippen LogP contribution in [0.3, 0.4) is 0 Å². The second-order valence-electron chi connectivity index (χ2n) is 2.99. The van der Waals surface area contributed by atoms with Crippen molar-refractivity contribution in [3.8, 4) is 0 Å². The molecule has 1 unspecified atom stereocenters. The van der Waals surface area contributed by atoms with E-state index in [2.05, 4.69) is 25.3 Å². The van der Waals surface area contributed by atoms with Crippen molar-refractivity contribution >= 4 is 11.8 Å². The number of hydrogen-bond acceptors (Lipinski definition) is 3. The van der Waals surface area contributed by atoms with E-state index in [0.29, 0.717) is 6.04 Å². The van der Waals surface area contributed by atoms with Crippen LogP contribution in [0.15, 0.2) is 0 Å². The minimum absolute atomic E-state index is 0.571. The molecule has 0 aliphatic heterocycles. The number of thioether (sulfide) groups is 1. The lowest BCUT2D eigenvalue weighted by Crippen LogP contribution is -2.35. The number of nitrogens with two attached hydrogens (primary N) is 1. The summed E-state index contributed by atoms with van der Waals surface area (Å²) >= 11 is 1.91. The predicted molar refractivity (Wildman–Crippen MR) is 54.1 cm³/mol. The van der Waals surface area contributed by atoms with Crippen molar-refractivity contribution in [1.82, 2.24) is 4.90 Å². The van der Waals surface area contributed by atoms with Gasteiger partial charge in [-0.2, -0.15) is 11.8 Å². The summed E-state index contributed by atoms with van der Waals surface area (Å²) in [5, 5.41) is 0. The molecule has 0 saturated heterocycles. The van der Waals surface area contributed by atoms with Gasteiger partial charge in [0.2, 0.25) is 0 Å². The van der Waals surface area contributed by atoms with Crippen molar-refractivity contribution in [1.29, 1.82) is 0 Å². The predicted octanol–water partition coefficient (Wildman–Crippen LogP) is 1.02. The van der Waals surface area contributed by atoms with Crippen molar-refractivity contribution in [3.63, 3.8) is 0 Å². The monoisotopic (exact) mass is 176 g/mol. The molecule has 2 nitrogen and oxygen atoms in total. The summed E-state index contributed by atoms with van der Waals surface area (Å²) in [6, 6.07) is 0.571. The number of hydrogen-bond donors (Lipinski definition) is 1. The highest BCUT2D eigenvalue weighted by Crippen LogP contribution is 2.05. The Labute approximate surface area is 74.5 Å². The quantitative estimate of drug-likeness (QED) is 0.613. The summed E-state index contributed by atoms with van der Waals surface area (Å²) in [5.74, 6) is 1.25. The zero-order chi connectivity index (χ0) is 8.69. The summed E-state index contributed by atoms with van der Waals surface area (Å²) in [7, 11) is 4.19. The Morgan fingerprint density at radius 3 is 2.45 bits per heavy atom. The van der Waals surface area contributed by atoms with Gasteiger partial charge in [-0.1, -0.05) is 0 Å². The van der Waals surface area contributed by atoms with Crippen LogP contribution in [-0.2, 0) is 0 Å². The molecule has 0 bridgehead atoms. The van der Waals surface area contributed by atoms with Crippen molar-refractivity contribution in [2.75, 3.05) is 32.6 Å². The summed E-state index contributed by atoms with van der Waals surface area (Å²) in [4.78, 5) is 2.21. The van der Waals surface area contributed by atoms with Gasteiger partial charge < -0.3 is 10.6 Å². The Kier molecular flexibility index (Phi) is 7.12. The lowest BCUT2D eigenvalue weighted by Gasteiger charge is -2.22. The van der Waals surface area contributed by atoms with Crippen molar-refractivity contribution in [2.45, 2.75) is 18.9 Å². The largest absolute Gasteiger partial charge is 0.329 e. The van der Waals surface area contributed by atoms with Gasteiger partial charge in [0.05, 0.1) is 0 Å². The van der Waals surface area contributed by atoms with Gasteiger partial charge in [0.15, 0.2) is 0 Å². The van der Waals surface area contributed by atoms with Crippen LogP contribution in [0.25, 0.3) is 0 Å². The molecule has 0 radical (unpaired) electrons. The third-order valence-electron chi connectivity index (χ3n) is 1.89. The van der Waals surface area contributed by atoms with Gasteiger partial charge in [-0.15, -0.1) is 0 Å². The maximum absolute atomic E-state index is 5.61. The highest BCUT2D eigenvalue weighted by Gasteiger charge is 2.07. The van der Waals surface area contributed by atoms with E-state index >= 15 is 0 Å². The Morgan fingerprint density at radius 2 is 2.09 bits per heavy atom. The lowest BCUT2D eigenvalue weighted by molar-refractivity contribution is 0.283. The third-order valence-corrected chi connectivity index (χ3v) is 2.59. The highest BCUT2D eigenvalue weighted by molar-refractivity contribution is 7.98. The number of likely N-dealkylation sites (N-methyl/N-ethyl adjacent to an activating group) is 1. The fourth-order valence-electron chi connectivity index (χ4n) is 1.05. The molecule has 0 aliphatic carbocycles. The van der Waals surface area contributed by atoms with Gasteiger partial charge in [0.25, 0.3) is 0 Å². The molecule has 1 atom stereocenters. The minimum atomic E-state index is 0.571. The van der Waals surface area contributed by atoms with Crippen molar-refractivity contribution in [3.05, 3.63) is 0 Å². The van der Waals surface area contributed by atoms with Crippen molar-refractivity contribution in [2.24, 2.45) is 5.73 Å². The molecule has 68 valence electrons. The lowest BCUT2D eigenvalue weighted by atomic mass is 10.1. The Hall–Kier alpha value is 0.270. The molecule has 0 saturated carbocycles. The van der Waals surface area contributed by atoms with Gasteiger partial charge in [-0.3, -0.25) is 0 Å². The summed E-state index contributed by atoms with van der Waals surface area (Å²) in [5.41, 5.74) is 5.61. The molecule has 2 N–H and O–H groups in total. The molecule has 0 aromatic carbocycles. The Balaban J connectivity index is 3.36. The standard InChI is InChI=1S/C8H20N2S/c1-10(2)8(7-9)5-4-6-11-3/h8H,4-7,9H2,1-3H3. The Morgan fingerprint density at radius 1 is 1.45 bits per heavy atom. The molecule has 0 spiro atoms. The first-order valence-corrected chi connectivity index (χ1v) is 5.47. The average Bonchev–Trinajstić information content (AvgIpc) is 1.97. The van der Waals surface area contributed by atoms with Gasteiger partial charge in [-0.25, -0.2) is 0 Å². The summed E-state index contributed by atoms with van der Waals surface area (Å²) in [6.45, 7) is 0.779. The zero-order valence-corrected chi connectivity index (χ0v) is 8.66. The van der Waals surface area contributed by atoms with E-state index in [1.165, 1.54) is 18.6 Å². The first-order chi connectivity index (χ1) is 5.22. The molecule has 0 aliphatic rings. The van der Waals surface area contributed by atoms with Gasteiger partial charge in [0, 0.05) is 12.6 Å². The van der Waals surface area contributed by atoms with E-state index in [0.717, 1.165) is 6.54 Å².